The number of nitrogens with one attached hydrogen (secondary N) is 1. The van der Waals surface area contributed by atoms with Gasteiger partial charge in [-0.25, -0.2) is 4.98 Å². The van der Waals surface area contributed by atoms with Crippen molar-refractivity contribution in [1.82, 2.24) is 19.8 Å². The van der Waals surface area contributed by atoms with Crippen LogP contribution in [0.2, 0.25) is 0 Å². The van der Waals surface area contributed by atoms with Crippen LogP contribution in [-0.4, -0.2) is 45.5 Å². The van der Waals surface area contributed by atoms with E-state index in [0.29, 0.717) is 11.6 Å². The van der Waals surface area contributed by atoms with Gasteiger partial charge < -0.3 is 10.2 Å². The van der Waals surface area contributed by atoms with Gasteiger partial charge in [0.25, 0.3) is 5.91 Å². The molecule has 3 aromatic rings. The van der Waals surface area contributed by atoms with Crippen LogP contribution in [0, 0.1) is 0 Å². The fourth-order valence-electron chi connectivity index (χ4n) is 3.77. The quantitative estimate of drug-likeness (QED) is 0.771. The van der Waals surface area contributed by atoms with Crippen LogP contribution in [0.5, 0.6) is 0 Å². The Morgan fingerprint density at radius 2 is 1.78 bits per heavy atom. The Kier molecular flexibility index (Phi) is 4.94. The van der Waals surface area contributed by atoms with Gasteiger partial charge in [0.15, 0.2) is 0 Å². The van der Waals surface area contributed by atoms with Gasteiger partial charge in [-0.05, 0) is 63.1 Å². The van der Waals surface area contributed by atoms with Crippen molar-refractivity contribution in [2.45, 2.75) is 38.8 Å². The highest BCUT2D eigenvalue weighted by molar-refractivity contribution is 5.94. The van der Waals surface area contributed by atoms with Gasteiger partial charge in [-0.2, -0.15) is 0 Å². The number of imidazole rings is 1. The molecule has 2 aromatic carbocycles. The number of piperidine rings is 1. The first-order chi connectivity index (χ1) is 13.1. The molecule has 5 heteroatoms. The number of carbonyl (C=O) groups excluding carboxylic acids is 1. The van der Waals surface area contributed by atoms with Crippen molar-refractivity contribution < 1.29 is 4.79 Å². The van der Waals surface area contributed by atoms with Crippen molar-refractivity contribution in [2.24, 2.45) is 0 Å². The number of amides is 1. The Morgan fingerprint density at radius 3 is 2.48 bits per heavy atom. The van der Waals surface area contributed by atoms with Crippen molar-refractivity contribution >= 4 is 16.9 Å². The number of nitrogens with zero attached hydrogens (tertiary/aromatic N) is 3. The number of rotatable bonds is 4. The van der Waals surface area contributed by atoms with Crippen molar-refractivity contribution in [2.75, 3.05) is 13.1 Å². The molecule has 1 N–H and O–H groups in total. The number of likely N-dealkylation sites (tertiary alicyclic amines) is 1. The minimum absolute atomic E-state index is 0.0139. The van der Waals surface area contributed by atoms with Crippen LogP contribution >= 0.6 is 0 Å². The average Bonchev–Trinajstić information content (AvgIpc) is 3.12. The van der Waals surface area contributed by atoms with Crippen molar-refractivity contribution in [3.05, 3.63) is 60.4 Å². The third-order valence-electron chi connectivity index (χ3n) is 5.46. The van der Waals surface area contributed by atoms with Crippen LogP contribution in [0.15, 0.2) is 54.9 Å². The summed E-state index contributed by atoms with van der Waals surface area (Å²) in [5.74, 6) is 0.0139. The van der Waals surface area contributed by atoms with Gasteiger partial charge in [0.2, 0.25) is 0 Å². The van der Waals surface area contributed by atoms with E-state index < -0.39 is 0 Å². The highest BCUT2D eigenvalue weighted by Crippen LogP contribution is 2.19. The summed E-state index contributed by atoms with van der Waals surface area (Å²) in [5.41, 5.74) is 3.73. The molecule has 0 saturated carbocycles. The molecule has 0 atom stereocenters. The molecule has 0 aliphatic carbocycles. The van der Waals surface area contributed by atoms with Gasteiger partial charge in [-0.1, -0.05) is 12.1 Å². The number of fused-ring (bicyclic) bond motifs is 1. The third kappa shape index (κ3) is 3.74. The molecule has 0 bridgehead atoms. The van der Waals surface area contributed by atoms with Crippen LogP contribution in [-0.2, 0) is 0 Å². The normalized spacial score (nSPS) is 16.1. The number of carbonyl (C=O) groups is 1. The minimum atomic E-state index is 0.0139. The number of hydrogen-bond donors (Lipinski definition) is 1. The second-order valence-electron chi connectivity index (χ2n) is 7.53. The average molecular weight is 362 g/mol. The molecule has 140 valence electrons. The summed E-state index contributed by atoms with van der Waals surface area (Å²) in [5, 5.41) is 3.19. The van der Waals surface area contributed by atoms with Crippen LogP contribution in [0.3, 0.4) is 0 Å². The van der Waals surface area contributed by atoms with E-state index in [2.05, 4.69) is 29.0 Å². The van der Waals surface area contributed by atoms with Gasteiger partial charge in [0, 0.05) is 36.4 Å². The molecular weight excluding hydrogens is 336 g/mol. The van der Waals surface area contributed by atoms with Gasteiger partial charge in [-0.15, -0.1) is 0 Å². The number of benzene rings is 2. The molecule has 0 unspecified atom stereocenters. The summed E-state index contributed by atoms with van der Waals surface area (Å²) in [6.45, 7) is 6.55. The molecule has 1 aliphatic rings. The second-order valence-corrected chi connectivity index (χ2v) is 7.53. The summed E-state index contributed by atoms with van der Waals surface area (Å²) in [6.07, 6.45) is 3.86. The fraction of sp³-hybridized carbons (Fsp3) is 0.364. The molecule has 0 spiro atoms. The smallest absolute Gasteiger partial charge is 0.251 e. The topological polar surface area (TPSA) is 50.2 Å². The Bertz CT molecular complexity index is 921. The maximum absolute atomic E-state index is 12.6. The lowest BCUT2D eigenvalue weighted by atomic mass is 10.0. The summed E-state index contributed by atoms with van der Waals surface area (Å²) in [4.78, 5) is 19.5. The first kappa shape index (κ1) is 17.7. The second kappa shape index (κ2) is 7.53. The molecule has 1 saturated heterocycles. The van der Waals surface area contributed by atoms with E-state index in [9.17, 15) is 4.79 Å². The van der Waals surface area contributed by atoms with Crippen molar-refractivity contribution in [3.8, 4) is 5.69 Å². The van der Waals surface area contributed by atoms with E-state index in [4.69, 9.17) is 0 Å². The number of aromatic nitrogens is 2. The van der Waals surface area contributed by atoms with Crippen LogP contribution < -0.4 is 5.32 Å². The molecule has 4 rings (SSSR count). The van der Waals surface area contributed by atoms with E-state index in [1.54, 1.807) is 0 Å². The van der Waals surface area contributed by atoms with Crippen molar-refractivity contribution in [3.63, 3.8) is 0 Å². The van der Waals surface area contributed by atoms with Gasteiger partial charge in [0.1, 0.15) is 6.33 Å². The van der Waals surface area contributed by atoms with E-state index in [1.807, 2.05) is 59.4 Å². The van der Waals surface area contributed by atoms with Crippen LogP contribution in [0.25, 0.3) is 16.7 Å². The zero-order valence-electron chi connectivity index (χ0n) is 15.9. The van der Waals surface area contributed by atoms with Gasteiger partial charge in [0.05, 0.1) is 11.0 Å². The fourth-order valence-corrected chi connectivity index (χ4v) is 3.77. The van der Waals surface area contributed by atoms with Gasteiger partial charge >= 0.3 is 0 Å². The summed E-state index contributed by atoms with van der Waals surface area (Å²) in [7, 11) is 0. The van der Waals surface area contributed by atoms with Crippen LogP contribution in [0.4, 0.5) is 0 Å². The number of hydrogen-bond acceptors (Lipinski definition) is 3. The molecule has 0 radical (unpaired) electrons. The highest BCUT2D eigenvalue weighted by atomic mass is 16.1. The van der Waals surface area contributed by atoms with Crippen molar-refractivity contribution in [1.29, 1.82) is 0 Å². The first-order valence-corrected chi connectivity index (χ1v) is 9.69. The Labute approximate surface area is 160 Å². The summed E-state index contributed by atoms with van der Waals surface area (Å²) in [6, 6.07) is 16.6. The van der Waals surface area contributed by atoms with E-state index in [-0.39, 0.29) is 11.9 Å². The van der Waals surface area contributed by atoms with E-state index >= 15 is 0 Å². The Balaban J connectivity index is 1.42. The first-order valence-electron chi connectivity index (χ1n) is 9.69. The molecule has 5 nitrogen and oxygen atoms in total. The maximum atomic E-state index is 12.6. The molecule has 2 heterocycles. The molecule has 1 aromatic heterocycles. The maximum Gasteiger partial charge on any atom is 0.251 e. The minimum Gasteiger partial charge on any atom is -0.349 e. The molecule has 1 aliphatic heterocycles. The van der Waals surface area contributed by atoms with Crippen LogP contribution in [0.1, 0.15) is 37.0 Å². The number of para-hydroxylation sites is 2. The highest BCUT2D eigenvalue weighted by Gasteiger charge is 2.22. The van der Waals surface area contributed by atoms with Gasteiger partial charge in [-0.3, -0.25) is 9.36 Å². The summed E-state index contributed by atoms with van der Waals surface area (Å²) < 4.78 is 2.04. The Morgan fingerprint density at radius 1 is 1.07 bits per heavy atom. The monoisotopic (exact) mass is 362 g/mol. The largest absolute Gasteiger partial charge is 0.349 e. The lowest BCUT2D eigenvalue weighted by molar-refractivity contribution is 0.0900. The molecule has 27 heavy (non-hydrogen) atoms. The van der Waals surface area contributed by atoms with E-state index in [0.717, 1.165) is 42.7 Å². The zero-order valence-corrected chi connectivity index (χ0v) is 15.9. The molecule has 1 fully saturated rings. The lowest BCUT2D eigenvalue weighted by Gasteiger charge is -2.34. The molecular formula is C22H26N4O. The third-order valence-corrected chi connectivity index (χ3v) is 5.46. The predicted octanol–water partition coefficient (Wildman–Crippen LogP) is 3.63. The predicted molar refractivity (Wildman–Crippen MR) is 108 cm³/mol. The standard InChI is InChI=1S/C22H26N4O/c1-16(2)25-13-11-18(12-14-25)24-22(27)17-7-9-19(10-8-17)26-15-23-20-5-3-4-6-21(20)26/h3-10,15-16,18H,11-14H2,1-2H3,(H,24,27). The lowest BCUT2D eigenvalue weighted by Crippen LogP contribution is -2.46. The zero-order chi connectivity index (χ0) is 18.8. The SMILES string of the molecule is CC(C)N1CCC(NC(=O)c2ccc(-n3cnc4ccccc43)cc2)CC1. The Hall–Kier alpha value is -2.66. The van der Waals surface area contributed by atoms with E-state index in [1.165, 1.54) is 0 Å². The summed E-state index contributed by atoms with van der Waals surface area (Å²) >= 11 is 0. The molecule has 1 amide bonds.